The molecule has 0 saturated heterocycles. The zero-order valence-electron chi connectivity index (χ0n) is 12.5. The zero-order valence-corrected chi connectivity index (χ0v) is 12.5. The Hall–Kier alpha value is -1.28. The van der Waals surface area contributed by atoms with Crippen molar-refractivity contribution in [3.8, 4) is 5.75 Å². The Morgan fingerprint density at radius 2 is 2.10 bits per heavy atom. The first kappa shape index (κ1) is 13.7. The molecule has 2 nitrogen and oxygen atoms in total. The Balaban J connectivity index is 1.83. The first-order valence-electron chi connectivity index (χ1n) is 7.84. The van der Waals surface area contributed by atoms with E-state index in [1.807, 2.05) is 6.92 Å². The van der Waals surface area contributed by atoms with Gasteiger partial charge in [0.2, 0.25) is 0 Å². The minimum Gasteiger partial charge on any atom is -0.494 e. The highest BCUT2D eigenvalue weighted by atomic mass is 16.5. The monoisotopic (exact) mass is 271 g/mol. The molecule has 1 aromatic carbocycles. The van der Waals surface area contributed by atoms with Crippen molar-refractivity contribution in [3.63, 3.8) is 0 Å². The van der Waals surface area contributed by atoms with Crippen LogP contribution in [0.25, 0.3) is 5.57 Å². The van der Waals surface area contributed by atoms with Gasteiger partial charge in [0, 0.05) is 0 Å². The van der Waals surface area contributed by atoms with Gasteiger partial charge in [-0.25, -0.2) is 0 Å². The van der Waals surface area contributed by atoms with E-state index in [0.717, 1.165) is 31.2 Å². The number of fused-ring (bicyclic) bond motifs is 1. The van der Waals surface area contributed by atoms with Gasteiger partial charge in [-0.1, -0.05) is 12.6 Å². The summed E-state index contributed by atoms with van der Waals surface area (Å²) < 4.78 is 5.63. The largest absolute Gasteiger partial charge is 0.494 e. The molecule has 108 valence electrons. The summed E-state index contributed by atoms with van der Waals surface area (Å²) in [5.74, 6) is 1.71. The van der Waals surface area contributed by atoms with E-state index in [1.165, 1.54) is 42.4 Å². The van der Waals surface area contributed by atoms with Crippen LogP contribution in [0, 0.1) is 11.3 Å². The van der Waals surface area contributed by atoms with Crippen molar-refractivity contribution in [1.82, 2.24) is 0 Å². The van der Waals surface area contributed by atoms with Gasteiger partial charge in [0.1, 0.15) is 5.75 Å². The molecule has 2 aliphatic carbocycles. The molecular weight excluding hydrogens is 246 g/mol. The lowest BCUT2D eigenvalue weighted by atomic mass is 9.67. The molecule has 1 saturated carbocycles. The number of hydrogen-bond donors (Lipinski definition) is 1. The van der Waals surface area contributed by atoms with Gasteiger partial charge in [0.25, 0.3) is 0 Å². The van der Waals surface area contributed by atoms with E-state index in [-0.39, 0.29) is 0 Å². The number of benzene rings is 1. The minimum atomic E-state index is 0.304. The maximum absolute atomic E-state index is 5.82. The molecular formula is C18H25NO. The number of allylic oxidation sites excluding steroid dienone is 1. The summed E-state index contributed by atoms with van der Waals surface area (Å²) in [5, 5.41) is 0. The summed E-state index contributed by atoms with van der Waals surface area (Å²) >= 11 is 0. The highest BCUT2D eigenvalue weighted by molar-refractivity contribution is 5.76. The van der Waals surface area contributed by atoms with Crippen LogP contribution in [-0.2, 0) is 6.42 Å². The molecule has 2 aliphatic rings. The van der Waals surface area contributed by atoms with Crippen molar-refractivity contribution in [1.29, 1.82) is 0 Å². The Morgan fingerprint density at radius 3 is 2.75 bits per heavy atom. The molecule has 2 N–H and O–H groups in total. The fraction of sp³-hybridized carbons (Fsp3) is 0.556. The van der Waals surface area contributed by atoms with Crippen LogP contribution in [0.3, 0.4) is 0 Å². The highest BCUT2D eigenvalue weighted by Crippen LogP contribution is 2.55. The smallest absolute Gasteiger partial charge is 0.119 e. The summed E-state index contributed by atoms with van der Waals surface area (Å²) in [5.41, 5.74) is 10.3. The van der Waals surface area contributed by atoms with E-state index in [0.29, 0.717) is 5.41 Å². The molecule has 0 aliphatic heterocycles. The Morgan fingerprint density at radius 1 is 1.35 bits per heavy atom. The van der Waals surface area contributed by atoms with E-state index >= 15 is 0 Å². The van der Waals surface area contributed by atoms with E-state index in [2.05, 4.69) is 24.8 Å². The molecule has 3 rings (SSSR count). The maximum Gasteiger partial charge on any atom is 0.119 e. The molecule has 0 heterocycles. The van der Waals surface area contributed by atoms with Gasteiger partial charge in [-0.2, -0.15) is 0 Å². The number of ether oxygens (including phenoxy) is 1. The average molecular weight is 271 g/mol. The van der Waals surface area contributed by atoms with Gasteiger partial charge < -0.3 is 10.5 Å². The molecule has 0 aromatic heterocycles. The van der Waals surface area contributed by atoms with Gasteiger partial charge in [-0.3, -0.25) is 0 Å². The van der Waals surface area contributed by atoms with Gasteiger partial charge in [-0.15, -0.1) is 0 Å². The van der Waals surface area contributed by atoms with Gasteiger partial charge in [-0.05, 0) is 85.7 Å². The van der Waals surface area contributed by atoms with Crippen LogP contribution in [-0.4, -0.2) is 13.2 Å². The SMILES string of the molecule is C=C1c2ccc(OCC)cc2CC12CCC(CN)CC2. The van der Waals surface area contributed by atoms with Crippen LogP contribution in [0.5, 0.6) is 5.75 Å². The van der Waals surface area contributed by atoms with E-state index in [9.17, 15) is 0 Å². The molecule has 0 radical (unpaired) electrons. The first-order chi connectivity index (χ1) is 9.68. The Bertz CT molecular complexity index is 512. The standard InChI is InChI=1S/C18H25NO/c1-3-20-16-4-5-17-13(2)18(11-15(17)10-16)8-6-14(12-19)7-9-18/h4-5,10,14H,2-3,6-9,11-12,19H2,1H3. The van der Waals surface area contributed by atoms with Gasteiger partial charge >= 0.3 is 0 Å². The van der Waals surface area contributed by atoms with Crippen molar-refractivity contribution in [2.75, 3.05) is 13.2 Å². The molecule has 1 aromatic rings. The molecule has 0 atom stereocenters. The van der Waals surface area contributed by atoms with Crippen molar-refractivity contribution < 1.29 is 4.74 Å². The molecule has 0 unspecified atom stereocenters. The van der Waals surface area contributed by atoms with Crippen molar-refractivity contribution in [2.24, 2.45) is 17.1 Å². The number of hydrogen-bond acceptors (Lipinski definition) is 2. The quantitative estimate of drug-likeness (QED) is 0.907. The predicted molar refractivity (Wildman–Crippen MR) is 83.8 cm³/mol. The minimum absolute atomic E-state index is 0.304. The Kier molecular flexibility index (Phi) is 3.59. The zero-order chi connectivity index (χ0) is 14.2. The van der Waals surface area contributed by atoms with Crippen molar-refractivity contribution >= 4 is 5.57 Å². The highest BCUT2D eigenvalue weighted by Gasteiger charge is 2.42. The van der Waals surface area contributed by atoms with Gasteiger partial charge in [0.05, 0.1) is 6.61 Å². The van der Waals surface area contributed by atoms with Crippen molar-refractivity contribution in [2.45, 2.75) is 39.0 Å². The lowest BCUT2D eigenvalue weighted by molar-refractivity contribution is 0.222. The molecule has 1 fully saturated rings. The lowest BCUT2D eigenvalue weighted by Crippen LogP contribution is -2.30. The third-order valence-corrected chi connectivity index (χ3v) is 5.28. The molecule has 0 amide bonds. The van der Waals surface area contributed by atoms with E-state index < -0.39 is 0 Å². The summed E-state index contributed by atoms with van der Waals surface area (Å²) in [7, 11) is 0. The average Bonchev–Trinajstić information content (AvgIpc) is 2.73. The third-order valence-electron chi connectivity index (χ3n) is 5.28. The van der Waals surface area contributed by atoms with E-state index in [1.54, 1.807) is 0 Å². The molecule has 2 heteroatoms. The lowest BCUT2D eigenvalue weighted by Gasteiger charge is -2.38. The summed E-state index contributed by atoms with van der Waals surface area (Å²) in [6.07, 6.45) is 6.13. The molecule has 20 heavy (non-hydrogen) atoms. The second kappa shape index (κ2) is 5.25. The maximum atomic E-state index is 5.82. The van der Waals surface area contributed by atoms with Crippen LogP contribution >= 0.6 is 0 Å². The fourth-order valence-corrected chi connectivity index (χ4v) is 3.97. The van der Waals surface area contributed by atoms with Crippen LogP contribution < -0.4 is 10.5 Å². The van der Waals surface area contributed by atoms with E-state index in [4.69, 9.17) is 10.5 Å². The van der Waals surface area contributed by atoms with Crippen LogP contribution in [0.4, 0.5) is 0 Å². The molecule has 1 spiro atoms. The molecule has 0 bridgehead atoms. The number of rotatable bonds is 3. The first-order valence-corrected chi connectivity index (χ1v) is 7.84. The summed E-state index contributed by atoms with van der Waals surface area (Å²) in [4.78, 5) is 0. The van der Waals surface area contributed by atoms with Crippen LogP contribution in [0.2, 0.25) is 0 Å². The summed E-state index contributed by atoms with van der Waals surface area (Å²) in [6, 6.07) is 6.50. The predicted octanol–water partition coefficient (Wildman–Crippen LogP) is 3.79. The Labute approximate surface area is 122 Å². The second-order valence-corrected chi connectivity index (χ2v) is 6.37. The second-order valence-electron chi connectivity index (χ2n) is 6.37. The fourth-order valence-electron chi connectivity index (χ4n) is 3.97. The third kappa shape index (κ3) is 2.16. The van der Waals surface area contributed by atoms with Gasteiger partial charge in [0.15, 0.2) is 0 Å². The van der Waals surface area contributed by atoms with Crippen molar-refractivity contribution in [3.05, 3.63) is 35.9 Å². The normalized spacial score (nSPS) is 28.7. The topological polar surface area (TPSA) is 35.2 Å². The number of nitrogens with two attached hydrogens (primary N) is 1. The van der Waals surface area contributed by atoms with Crippen LogP contribution in [0.15, 0.2) is 24.8 Å². The van der Waals surface area contributed by atoms with Crippen LogP contribution in [0.1, 0.15) is 43.7 Å². The summed E-state index contributed by atoms with van der Waals surface area (Å²) in [6.45, 7) is 8.02.